The van der Waals surface area contributed by atoms with Crippen LogP contribution in [0.4, 0.5) is 0 Å². The smallest absolute Gasteiger partial charge is 0.240 e. The maximum atomic E-state index is 13.1. The first-order valence-electron chi connectivity index (χ1n) is 9.72. The van der Waals surface area contributed by atoms with Crippen LogP contribution in [0.5, 0.6) is 0 Å². The zero-order chi connectivity index (χ0) is 17.1. The second-order valence-corrected chi connectivity index (χ2v) is 9.20. The second kappa shape index (κ2) is 5.40. The van der Waals surface area contributed by atoms with E-state index in [2.05, 4.69) is 52.0 Å². The highest BCUT2D eigenvalue weighted by molar-refractivity contribution is 5.91. The lowest BCUT2D eigenvalue weighted by Gasteiger charge is -2.59. The molecule has 4 bridgehead atoms. The number of ketones is 1. The topological polar surface area (TPSA) is 26.0 Å². The minimum atomic E-state index is -0.0925. The minimum absolute atomic E-state index is 0.0426. The Morgan fingerprint density at radius 1 is 1.08 bits per heavy atom. The summed E-state index contributed by atoms with van der Waals surface area (Å²) in [6.07, 6.45) is 2.72. The van der Waals surface area contributed by atoms with Crippen LogP contribution in [0.2, 0.25) is 0 Å². The van der Waals surface area contributed by atoms with Crippen molar-refractivity contribution in [2.24, 2.45) is 10.8 Å². The van der Waals surface area contributed by atoms with Crippen molar-refractivity contribution in [3.63, 3.8) is 0 Å². The Labute approximate surface area is 146 Å². The number of hydrogen-bond acceptors (Lipinski definition) is 1. The van der Waals surface area contributed by atoms with E-state index in [9.17, 15) is 4.79 Å². The van der Waals surface area contributed by atoms with Crippen LogP contribution in [0.1, 0.15) is 63.7 Å². The van der Waals surface area contributed by atoms with Gasteiger partial charge in [-0.1, -0.05) is 39.3 Å². The third kappa shape index (κ3) is 2.21. The molecule has 4 aliphatic heterocycles. The maximum absolute atomic E-state index is 13.1. The summed E-state index contributed by atoms with van der Waals surface area (Å²) < 4.78 is 0. The van der Waals surface area contributed by atoms with Gasteiger partial charge in [0.1, 0.15) is 23.9 Å². The zero-order valence-corrected chi connectivity index (χ0v) is 15.6. The van der Waals surface area contributed by atoms with Crippen molar-refractivity contribution < 1.29 is 14.6 Å². The Bertz CT molecular complexity index is 632. The molecule has 4 saturated heterocycles. The lowest BCUT2D eigenvalue weighted by atomic mass is 9.59. The summed E-state index contributed by atoms with van der Waals surface area (Å²) in [5.74, 6) is 1.17. The molecule has 0 amide bonds. The second-order valence-electron chi connectivity index (χ2n) is 9.20. The molecule has 5 rings (SSSR count). The molecular formula is C21H32N2O+2. The van der Waals surface area contributed by atoms with E-state index >= 15 is 0 Å². The molecule has 0 spiro atoms. The molecule has 1 aromatic rings. The summed E-state index contributed by atoms with van der Waals surface area (Å²) in [6.45, 7) is 13.1. The highest BCUT2D eigenvalue weighted by Crippen LogP contribution is 2.39. The maximum Gasteiger partial charge on any atom is 0.240 e. The Morgan fingerprint density at radius 2 is 1.67 bits per heavy atom. The number of rotatable bonds is 4. The van der Waals surface area contributed by atoms with Crippen LogP contribution in [0.3, 0.4) is 0 Å². The summed E-state index contributed by atoms with van der Waals surface area (Å²) in [6, 6.07) is 9.31. The molecule has 1 aromatic carbocycles. The molecule has 2 unspecified atom stereocenters. The molecule has 4 fully saturated rings. The van der Waals surface area contributed by atoms with Crippen LogP contribution < -0.4 is 9.80 Å². The van der Waals surface area contributed by atoms with Gasteiger partial charge in [-0.25, -0.2) is 0 Å². The van der Waals surface area contributed by atoms with Gasteiger partial charge < -0.3 is 0 Å². The lowest BCUT2D eigenvalue weighted by molar-refractivity contribution is -1.18. The molecule has 4 heterocycles. The molecule has 0 aromatic heterocycles. The fourth-order valence-electron chi connectivity index (χ4n) is 6.09. The van der Waals surface area contributed by atoms with Gasteiger partial charge in [0.25, 0.3) is 0 Å². The Hall–Kier alpha value is -1.19. The van der Waals surface area contributed by atoms with Gasteiger partial charge in [0, 0.05) is 0 Å². The average molecular weight is 329 g/mol. The molecule has 2 N–H and O–H groups in total. The summed E-state index contributed by atoms with van der Waals surface area (Å²) in [4.78, 5) is 16.4. The van der Waals surface area contributed by atoms with Crippen molar-refractivity contribution in [2.75, 3.05) is 26.2 Å². The van der Waals surface area contributed by atoms with Gasteiger partial charge in [-0.05, 0) is 37.0 Å². The standard InChI is InChI=1S/C21H30N2O/c1-5-10-21-13-22-11-20(4,19(21)24)12-23(14-21)18(22)17-8-6-16(7-9-17)15(2)3/h6-9,15,18H,5,10-14H2,1-4H3/p+2. The van der Waals surface area contributed by atoms with E-state index in [0.717, 1.165) is 39.0 Å². The van der Waals surface area contributed by atoms with Crippen molar-refractivity contribution in [3.05, 3.63) is 35.4 Å². The Kier molecular flexibility index (Phi) is 3.67. The quantitative estimate of drug-likeness (QED) is 0.847. The number of Topliss-reactive ketones (excluding diaryl/α,β-unsaturated/α-hetero) is 1. The van der Waals surface area contributed by atoms with Crippen LogP contribution in [-0.2, 0) is 4.79 Å². The SMILES string of the molecule is CCCC12C[NH+]3CC(C)(C[NH+](C1)C3c1ccc(C(C)C)cc1)C2=O. The zero-order valence-electron chi connectivity index (χ0n) is 15.6. The van der Waals surface area contributed by atoms with Gasteiger partial charge in [-0.3, -0.25) is 14.6 Å². The lowest BCUT2D eigenvalue weighted by Crippen LogP contribution is -3.41. The number of carbonyl (C=O) groups is 1. The van der Waals surface area contributed by atoms with Crippen molar-refractivity contribution in [1.82, 2.24) is 0 Å². The first-order chi connectivity index (χ1) is 11.4. The number of quaternary nitrogens is 2. The fourth-order valence-corrected chi connectivity index (χ4v) is 6.09. The fraction of sp³-hybridized carbons (Fsp3) is 0.667. The van der Waals surface area contributed by atoms with Crippen molar-refractivity contribution in [2.45, 2.75) is 52.6 Å². The Balaban J connectivity index is 1.66. The van der Waals surface area contributed by atoms with Crippen molar-refractivity contribution in [3.8, 4) is 0 Å². The van der Waals surface area contributed by atoms with Crippen LogP contribution in [0.25, 0.3) is 0 Å². The van der Waals surface area contributed by atoms with Gasteiger partial charge in [0.15, 0.2) is 5.78 Å². The molecule has 0 radical (unpaired) electrons. The van der Waals surface area contributed by atoms with Crippen LogP contribution in [0, 0.1) is 10.8 Å². The molecule has 130 valence electrons. The van der Waals surface area contributed by atoms with E-state index in [4.69, 9.17) is 0 Å². The predicted molar refractivity (Wildman–Crippen MR) is 95.1 cm³/mol. The third-order valence-electron chi connectivity index (χ3n) is 6.88. The largest absolute Gasteiger partial charge is 0.297 e. The van der Waals surface area contributed by atoms with E-state index in [1.54, 1.807) is 9.80 Å². The van der Waals surface area contributed by atoms with E-state index in [1.165, 1.54) is 11.1 Å². The van der Waals surface area contributed by atoms with Crippen LogP contribution >= 0.6 is 0 Å². The molecular weight excluding hydrogens is 296 g/mol. The molecule has 0 saturated carbocycles. The van der Waals surface area contributed by atoms with Gasteiger partial charge in [0.2, 0.25) is 6.17 Å². The molecule has 3 nitrogen and oxygen atoms in total. The van der Waals surface area contributed by atoms with E-state index in [-0.39, 0.29) is 10.8 Å². The monoisotopic (exact) mass is 328 g/mol. The summed E-state index contributed by atoms with van der Waals surface area (Å²) in [7, 11) is 0. The summed E-state index contributed by atoms with van der Waals surface area (Å²) in [5.41, 5.74) is 2.75. The number of piperidine rings is 2. The molecule has 0 aliphatic carbocycles. The van der Waals surface area contributed by atoms with Crippen molar-refractivity contribution in [1.29, 1.82) is 0 Å². The third-order valence-corrected chi connectivity index (χ3v) is 6.88. The predicted octanol–water partition coefficient (Wildman–Crippen LogP) is 0.981. The average Bonchev–Trinajstić information content (AvgIpc) is 2.52. The molecule has 24 heavy (non-hydrogen) atoms. The van der Waals surface area contributed by atoms with Crippen molar-refractivity contribution >= 4 is 5.78 Å². The number of nitrogens with one attached hydrogen (secondary N) is 2. The first-order valence-corrected chi connectivity index (χ1v) is 9.72. The van der Waals surface area contributed by atoms with Crippen LogP contribution in [0.15, 0.2) is 24.3 Å². The van der Waals surface area contributed by atoms with Crippen LogP contribution in [-0.4, -0.2) is 32.0 Å². The Morgan fingerprint density at radius 3 is 2.17 bits per heavy atom. The number of benzene rings is 1. The van der Waals surface area contributed by atoms with Gasteiger partial charge in [0.05, 0.1) is 18.7 Å². The molecule has 3 heteroatoms. The number of hydrogen-bond donors (Lipinski definition) is 2. The highest BCUT2D eigenvalue weighted by Gasteiger charge is 2.69. The first kappa shape index (κ1) is 16.3. The molecule has 4 aliphatic rings. The van der Waals surface area contributed by atoms with Gasteiger partial charge in [-0.2, -0.15) is 0 Å². The van der Waals surface area contributed by atoms with E-state index in [1.807, 2.05) is 0 Å². The van der Waals surface area contributed by atoms with Gasteiger partial charge >= 0.3 is 0 Å². The van der Waals surface area contributed by atoms with E-state index in [0.29, 0.717) is 17.9 Å². The normalized spacial score (nSPS) is 40.5. The van der Waals surface area contributed by atoms with E-state index < -0.39 is 0 Å². The summed E-state index contributed by atoms with van der Waals surface area (Å²) >= 11 is 0. The minimum Gasteiger partial charge on any atom is -0.297 e. The highest BCUT2D eigenvalue weighted by atomic mass is 16.1. The van der Waals surface area contributed by atoms with Gasteiger partial charge in [-0.15, -0.1) is 0 Å². The summed E-state index contributed by atoms with van der Waals surface area (Å²) in [5, 5.41) is 0. The number of carbonyl (C=O) groups excluding carboxylic acids is 1. The molecule has 2 atom stereocenters.